The Balaban J connectivity index is 2.46. The first kappa shape index (κ1) is 8.88. The van der Waals surface area contributed by atoms with Crippen LogP contribution in [0, 0.1) is 0 Å². The Morgan fingerprint density at radius 3 is 2.64 bits per heavy atom. The zero-order chi connectivity index (χ0) is 9.97. The fourth-order valence-electron chi connectivity index (χ4n) is 1.58. The minimum atomic E-state index is -0.0672. The van der Waals surface area contributed by atoms with Crippen LogP contribution >= 0.6 is 0 Å². The first-order valence-electron chi connectivity index (χ1n) is 4.67. The maximum Gasteiger partial charge on any atom is 0.165 e. The van der Waals surface area contributed by atoms with Crippen LogP contribution in [0.5, 0.6) is 11.5 Å². The minimum absolute atomic E-state index is 0.0368. The van der Waals surface area contributed by atoms with Crippen LogP contribution in [0.25, 0.3) is 5.57 Å². The van der Waals surface area contributed by atoms with E-state index in [1.807, 2.05) is 6.08 Å². The molecule has 1 aliphatic rings. The molecule has 2 rings (SSSR count). The summed E-state index contributed by atoms with van der Waals surface area (Å²) in [7, 11) is 0. The van der Waals surface area contributed by atoms with E-state index in [4.69, 9.17) is 0 Å². The van der Waals surface area contributed by atoms with Crippen molar-refractivity contribution in [2.75, 3.05) is 0 Å². The highest BCUT2D eigenvalue weighted by Crippen LogP contribution is 2.34. The molecule has 0 spiro atoms. The summed E-state index contributed by atoms with van der Waals surface area (Å²) in [4.78, 5) is 0. The van der Waals surface area contributed by atoms with Crippen molar-refractivity contribution >= 4 is 5.57 Å². The lowest BCUT2D eigenvalue weighted by atomic mass is 9.98. The summed E-state index contributed by atoms with van der Waals surface area (Å²) in [6, 6.07) is 5.01. The Morgan fingerprint density at radius 1 is 1.07 bits per heavy atom. The summed E-state index contributed by atoms with van der Waals surface area (Å²) in [5.41, 5.74) is 1.67. The highest BCUT2D eigenvalue weighted by Gasteiger charge is 2.09. The molecular formula is C12H12O2. The number of rotatable bonds is 1. The molecule has 0 heterocycles. The molecule has 0 aliphatic heterocycles. The normalized spacial score (nSPS) is 15.3. The van der Waals surface area contributed by atoms with Crippen molar-refractivity contribution in [3.63, 3.8) is 0 Å². The third kappa shape index (κ3) is 1.51. The van der Waals surface area contributed by atoms with Crippen molar-refractivity contribution in [3.05, 3.63) is 42.0 Å². The van der Waals surface area contributed by atoms with E-state index in [9.17, 15) is 10.2 Å². The van der Waals surface area contributed by atoms with Gasteiger partial charge in [-0.25, -0.2) is 0 Å². The summed E-state index contributed by atoms with van der Waals surface area (Å²) >= 11 is 0. The predicted molar refractivity (Wildman–Crippen MR) is 56.1 cm³/mol. The van der Waals surface area contributed by atoms with Crippen molar-refractivity contribution in [2.45, 2.75) is 12.8 Å². The van der Waals surface area contributed by atoms with Crippen LogP contribution in [-0.2, 0) is 0 Å². The molecule has 1 aromatic rings. The van der Waals surface area contributed by atoms with Gasteiger partial charge in [0.2, 0.25) is 0 Å². The second-order valence-electron chi connectivity index (χ2n) is 3.31. The first-order chi connectivity index (χ1) is 6.79. The Bertz CT molecular complexity index is 403. The number of hydrogen-bond acceptors (Lipinski definition) is 2. The van der Waals surface area contributed by atoms with Gasteiger partial charge in [0.05, 0.1) is 0 Å². The fourth-order valence-corrected chi connectivity index (χ4v) is 1.58. The van der Waals surface area contributed by atoms with Gasteiger partial charge in [-0.1, -0.05) is 30.4 Å². The molecule has 0 amide bonds. The van der Waals surface area contributed by atoms with Crippen LogP contribution in [0.2, 0.25) is 0 Å². The summed E-state index contributed by atoms with van der Waals surface area (Å²) in [5, 5.41) is 19.0. The van der Waals surface area contributed by atoms with Crippen molar-refractivity contribution in [1.29, 1.82) is 0 Å². The molecule has 0 bridgehead atoms. The zero-order valence-electron chi connectivity index (χ0n) is 7.77. The van der Waals surface area contributed by atoms with Crippen LogP contribution in [0.1, 0.15) is 18.4 Å². The maximum absolute atomic E-state index is 9.63. The van der Waals surface area contributed by atoms with Gasteiger partial charge in [-0.3, -0.25) is 0 Å². The van der Waals surface area contributed by atoms with E-state index < -0.39 is 0 Å². The monoisotopic (exact) mass is 188 g/mol. The third-order valence-corrected chi connectivity index (χ3v) is 2.32. The zero-order valence-corrected chi connectivity index (χ0v) is 7.77. The van der Waals surface area contributed by atoms with Crippen molar-refractivity contribution in [3.8, 4) is 11.5 Å². The molecule has 0 radical (unpaired) electrons. The van der Waals surface area contributed by atoms with E-state index in [0.717, 1.165) is 18.4 Å². The van der Waals surface area contributed by atoms with Gasteiger partial charge in [0.15, 0.2) is 11.5 Å². The van der Waals surface area contributed by atoms with E-state index in [1.54, 1.807) is 12.1 Å². The smallest absolute Gasteiger partial charge is 0.165 e. The van der Waals surface area contributed by atoms with Crippen LogP contribution < -0.4 is 0 Å². The lowest BCUT2D eigenvalue weighted by molar-refractivity contribution is 0.402. The predicted octanol–water partition coefficient (Wildman–Crippen LogP) is 2.83. The van der Waals surface area contributed by atoms with Gasteiger partial charge in [-0.05, 0) is 24.5 Å². The van der Waals surface area contributed by atoms with Crippen LogP contribution in [0.4, 0.5) is 0 Å². The second-order valence-corrected chi connectivity index (χ2v) is 3.31. The highest BCUT2D eigenvalue weighted by atomic mass is 16.3. The average Bonchev–Trinajstić information content (AvgIpc) is 2.23. The molecule has 2 N–H and O–H groups in total. The maximum atomic E-state index is 9.63. The summed E-state index contributed by atoms with van der Waals surface area (Å²) in [6.07, 6.45) is 8.13. The van der Waals surface area contributed by atoms with E-state index >= 15 is 0 Å². The Hall–Kier alpha value is -1.70. The van der Waals surface area contributed by atoms with E-state index in [1.165, 1.54) is 6.07 Å². The molecule has 2 nitrogen and oxygen atoms in total. The van der Waals surface area contributed by atoms with Crippen LogP contribution in [0.15, 0.2) is 36.4 Å². The van der Waals surface area contributed by atoms with Crippen LogP contribution in [0.3, 0.4) is 0 Å². The van der Waals surface area contributed by atoms with Gasteiger partial charge in [0, 0.05) is 5.56 Å². The van der Waals surface area contributed by atoms with E-state index in [2.05, 4.69) is 12.2 Å². The highest BCUT2D eigenvalue weighted by molar-refractivity contribution is 5.79. The molecular weight excluding hydrogens is 176 g/mol. The number of hydrogen-bond donors (Lipinski definition) is 2. The van der Waals surface area contributed by atoms with Gasteiger partial charge in [0.1, 0.15) is 0 Å². The molecule has 2 heteroatoms. The minimum Gasteiger partial charge on any atom is -0.504 e. The number of phenols is 2. The van der Waals surface area contributed by atoms with E-state index in [-0.39, 0.29) is 11.5 Å². The summed E-state index contributed by atoms with van der Waals surface area (Å²) in [5.74, 6) is -0.104. The number of aromatic hydroxyl groups is 2. The molecule has 72 valence electrons. The Morgan fingerprint density at radius 2 is 1.93 bits per heavy atom. The number of allylic oxidation sites excluding steroid dienone is 4. The SMILES string of the molecule is Oc1cccc(C2=CCCC=C2)c1O. The largest absolute Gasteiger partial charge is 0.504 e. The molecule has 0 unspecified atom stereocenters. The number of benzene rings is 1. The second kappa shape index (κ2) is 3.58. The van der Waals surface area contributed by atoms with Gasteiger partial charge in [-0.15, -0.1) is 0 Å². The molecule has 1 aliphatic carbocycles. The Labute approximate surface area is 82.8 Å². The van der Waals surface area contributed by atoms with Gasteiger partial charge < -0.3 is 10.2 Å². The third-order valence-electron chi connectivity index (χ3n) is 2.32. The van der Waals surface area contributed by atoms with Crippen molar-refractivity contribution in [2.24, 2.45) is 0 Å². The molecule has 1 aromatic carbocycles. The molecule has 0 saturated carbocycles. The van der Waals surface area contributed by atoms with Crippen LogP contribution in [-0.4, -0.2) is 10.2 Å². The van der Waals surface area contributed by atoms with Gasteiger partial charge in [-0.2, -0.15) is 0 Å². The van der Waals surface area contributed by atoms with Gasteiger partial charge in [0.25, 0.3) is 0 Å². The van der Waals surface area contributed by atoms with E-state index in [0.29, 0.717) is 5.56 Å². The summed E-state index contributed by atoms with van der Waals surface area (Å²) < 4.78 is 0. The fraction of sp³-hybridized carbons (Fsp3) is 0.167. The Kier molecular flexibility index (Phi) is 2.27. The first-order valence-corrected chi connectivity index (χ1v) is 4.67. The quantitative estimate of drug-likeness (QED) is 0.665. The molecule has 0 aromatic heterocycles. The lowest BCUT2D eigenvalue weighted by Gasteiger charge is -2.09. The summed E-state index contributed by atoms with van der Waals surface area (Å²) in [6.45, 7) is 0. The van der Waals surface area contributed by atoms with Crippen molar-refractivity contribution < 1.29 is 10.2 Å². The lowest BCUT2D eigenvalue weighted by Crippen LogP contribution is -1.86. The average molecular weight is 188 g/mol. The molecule has 0 atom stereocenters. The van der Waals surface area contributed by atoms with Crippen molar-refractivity contribution in [1.82, 2.24) is 0 Å². The molecule has 0 fully saturated rings. The topological polar surface area (TPSA) is 40.5 Å². The standard InChI is InChI=1S/C12H12O2/c13-11-8-4-7-10(12(11)14)9-5-2-1-3-6-9/h2,4-8,13-14H,1,3H2. The number of phenolic OH excluding ortho intramolecular Hbond substituents is 2. The molecule has 14 heavy (non-hydrogen) atoms. The number of para-hydroxylation sites is 1. The molecule has 0 saturated heterocycles. The van der Waals surface area contributed by atoms with Gasteiger partial charge >= 0.3 is 0 Å².